The number of rotatable bonds is 0. The average Bonchev–Trinajstić information content (AvgIpc) is 2.36. The van der Waals surface area contributed by atoms with Crippen LogP contribution in [0.5, 0.6) is 0 Å². The normalized spacial score (nSPS) is 16.5. The van der Waals surface area contributed by atoms with E-state index >= 15 is 0 Å². The Morgan fingerprint density at radius 1 is 0.933 bits per heavy atom. The first-order chi connectivity index (χ1) is 6.45. The fraction of sp³-hybridized carbons (Fsp3) is 0.667. The summed E-state index contributed by atoms with van der Waals surface area (Å²) in [7, 11) is 0. The summed E-state index contributed by atoms with van der Waals surface area (Å²) in [6, 6.07) is 0. The van der Waals surface area contributed by atoms with E-state index in [-0.39, 0.29) is 31.6 Å². The summed E-state index contributed by atoms with van der Waals surface area (Å²) < 4.78 is 0. The number of hydrogen-bond donors (Lipinski definition) is 0. The van der Waals surface area contributed by atoms with Gasteiger partial charge in [-0.3, -0.25) is 6.08 Å². The van der Waals surface area contributed by atoms with Crippen molar-refractivity contribution in [1.29, 1.82) is 0 Å². The van der Waals surface area contributed by atoms with Gasteiger partial charge in [-0.1, -0.05) is 33.1 Å². The van der Waals surface area contributed by atoms with Crippen molar-refractivity contribution in [3.8, 4) is 0 Å². The summed E-state index contributed by atoms with van der Waals surface area (Å²) in [6.45, 7) is 10.9. The molecule has 88 valence electrons. The van der Waals surface area contributed by atoms with Gasteiger partial charge >= 0.3 is 0 Å². The van der Waals surface area contributed by atoms with Crippen LogP contribution in [0.15, 0.2) is 16.7 Å². The largest absolute Gasteiger partial charge is 0.263 e. The van der Waals surface area contributed by atoms with Crippen LogP contribution in [0.2, 0.25) is 0 Å². The third kappa shape index (κ3) is 6.29. The predicted molar refractivity (Wildman–Crippen MR) is 68.1 cm³/mol. The quantitative estimate of drug-likeness (QED) is 0.442. The minimum atomic E-state index is 0. The zero-order chi connectivity index (χ0) is 11.9. The molecule has 0 N–H and O–H groups in total. The maximum absolute atomic E-state index is 4.64. The molecular formula is C12H21Cl2Zr-. The maximum Gasteiger partial charge on any atom is 0.0108 e. The van der Waals surface area contributed by atoms with Crippen LogP contribution in [0.3, 0.4) is 0 Å². The van der Waals surface area contributed by atoms with Crippen molar-refractivity contribution in [2.75, 3.05) is 12.8 Å². The Morgan fingerprint density at radius 3 is 1.33 bits per heavy atom. The Hall–Kier alpha value is 0.943. The van der Waals surface area contributed by atoms with Crippen molar-refractivity contribution in [3.05, 3.63) is 22.8 Å². The van der Waals surface area contributed by atoms with E-state index in [1.165, 1.54) is 29.5 Å². The molecule has 3 heteroatoms. The molecule has 0 fully saturated rings. The first kappa shape index (κ1) is 21.3. The molecule has 0 aromatic rings. The molecule has 15 heavy (non-hydrogen) atoms. The van der Waals surface area contributed by atoms with Crippen LogP contribution >= 0.6 is 23.2 Å². The Morgan fingerprint density at radius 2 is 1.27 bits per heavy atom. The minimum absolute atomic E-state index is 0. The zero-order valence-electron chi connectivity index (χ0n) is 10.8. The molecule has 0 radical (unpaired) electrons. The van der Waals surface area contributed by atoms with Gasteiger partial charge in [0, 0.05) is 39.0 Å². The van der Waals surface area contributed by atoms with Crippen LogP contribution in [-0.2, 0) is 26.2 Å². The molecular weight excluding hydrogens is 306 g/mol. The van der Waals surface area contributed by atoms with E-state index in [1.54, 1.807) is 0 Å². The van der Waals surface area contributed by atoms with E-state index in [0.29, 0.717) is 0 Å². The number of hydrogen-bond acceptors (Lipinski definition) is 0. The zero-order valence-corrected chi connectivity index (χ0v) is 14.7. The molecule has 0 nitrogen and oxygen atoms in total. The second-order valence-electron chi connectivity index (χ2n) is 3.62. The minimum Gasteiger partial charge on any atom is -0.263 e. The van der Waals surface area contributed by atoms with Crippen molar-refractivity contribution < 1.29 is 26.2 Å². The van der Waals surface area contributed by atoms with E-state index in [0.717, 1.165) is 0 Å². The maximum atomic E-state index is 4.64. The van der Waals surface area contributed by atoms with Crippen molar-refractivity contribution in [3.63, 3.8) is 0 Å². The topological polar surface area (TPSA) is 0 Å². The summed E-state index contributed by atoms with van der Waals surface area (Å²) in [5.41, 5.74) is 4.39. The van der Waals surface area contributed by atoms with E-state index in [2.05, 4.69) is 63.9 Å². The van der Waals surface area contributed by atoms with Gasteiger partial charge in [0.25, 0.3) is 0 Å². The molecule has 1 rings (SSSR count). The molecule has 0 spiro atoms. The molecule has 0 saturated carbocycles. The summed E-state index contributed by atoms with van der Waals surface area (Å²) in [6.07, 6.45) is 6.38. The SMILES string of the molecule is CC1=[C-]C(C)(C)C(C)=C1C.CCl.CCl.[Zr]. The van der Waals surface area contributed by atoms with Crippen LogP contribution in [0.25, 0.3) is 0 Å². The van der Waals surface area contributed by atoms with Gasteiger partial charge in [-0.05, 0) is 0 Å². The van der Waals surface area contributed by atoms with E-state index < -0.39 is 0 Å². The molecule has 0 aromatic carbocycles. The molecule has 0 unspecified atom stereocenters. The van der Waals surface area contributed by atoms with Crippen molar-refractivity contribution >= 4 is 23.2 Å². The van der Waals surface area contributed by atoms with E-state index in [1.807, 2.05) is 0 Å². The van der Waals surface area contributed by atoms with Crippen LogP contribution < -0.4 is 0 Å². The molecule has 0 aliphatic heterocycles. The van der Waals surface area contributed by atoms with Gasteiger partial charge in [-0.25, -0.2) is 5.57 Å². The second kappa shape index (κ2) is 10.1. The van der Waals surface area contributed by atoms with E-state index in [9.17, 15) is 0 Å². The Balaban J connectivity index is -0.000000258. The third-order valence-electron chi connectivity index (χ3n) is 2.56. The fourth-order valence-corrected chi connectivity index (χ4v) is 1.41. The molecule has 0 saturated heterocycles. The molecule has 1 aliphatic rings. The molecule has 1 aliphatic carbocycles. The molecule has 0 aromatic heterocycles. The first-order valence-corrected chi connectivity index (χ1v) is 6.02. The van der Waals surface area contributed by atoms with Crippen molar-refractivity contribution in [2.45, 2.75) is 34.6 Å². The van der Waals surface area contributed by atoms with Gasteiger partial charge in [0.2, 0.25) is 0 Å². The van der Waals surface area contributed by atoms with Gasteiger partial charge in [-0.2, -0.15) is 11.1 Å². The van der Waals surface area contributed by atoms with Gasteiger partial charge in [0.05, 0.1) is 0 Å². The fourth-order valence-electron chi connectivity index (χ4n) is 1.41. The Kier molecular flexibility index (Phi) is 14.3. The average molecular weight is 327 g/mol. The van der Waals surface area contributed by atoms with E-state index in [4.69, 9.17) is 0 Å². The molecule has 0 heterocycles. The number of alkyl halides is 2. The Bertz CT molecular complexity index is 228. The summed E-state index contributed by atoms with van der Waals surface area (Å²) in [4.78, 5) is 0. The molecule has 0 bridgehead atoms. The summed E-state index contributed by atoms with van der Waals surface area (Å²) >= 11 is 9.28. The summed E-state index contributed by atoms with van der Waals surface area (Å²) in [5.74, 6) is 0. The summed E-state index contributed by atoms with van der Waals surface area (Å²) in [5, 5.41) is 0. The number of halogens is 2. The van der Waals surface area contributed by atoms with Gasteiger partial charge in [0.15, 0.2) is 0 Å². The van der Waals surface area contributed by atoms with Crippen LogP contribution in [0.4, 0.5) is 0 Å². The first-order valence-electron chi connectivity index (χ1n) is 4.51. The van der Waals surface area contributed by atoms with Crippen molar-refractivity contribution in [2.24, 2.45) is 5.41 Å². The molecule has 0 amide bonds. The second-order valence-corrected chi connectivity index (χ2v) is 3.62. The van der Waals surface area contributed by atoms with Gasteiger partial charge in [-0.15, -0.1) is 30.1 Å². The van der Waals surface area contributed by atoms with Gasteiger partial charge in [0.1, 0.15) is 0 Å². The predicted octanol–water partition coefficient (Wildman–Crippen LogP) is 4.82. The van der Waals surface area contributed by atoms with Crippen LogP contribution in [0, 0.1) is 11.5 Å². The number of allylic oxidation sites excluding steroid dienone is 4. The smallest absolute Gasteiger partial charge is 0.0108 e. The van der Waals surface area contributed by atoms with Gasteiger partial charge < -0.3 is 0 Å². The van der Waals surface area contributed by atoms with Crippen LogP contribution in [0.1, 0.15) is 34.6 Å². The standard InChI is InChI=1S/C10H15.2CH3Cl.Zr/c1-7-6-10(4,5)9(3)8(7)2;2*1-2;/h1-5H3;2*1H3;/q-1;;;. The Labute approximate surface area is 124 Å². The molecule has 0 atom stereocenters. The van der Waals surface area contributed by atoms with Crippen LogP contribution in [-0.4, -0.2) is 12.8 Å². The monoisotopic (exact) mass is 325 g/mol. The third-order valence-corrected chi connectivity index (χ3v) is 2.56. The van der Waals surface area contributed by atoms with Crippen molar-refractivity contribution in [1.82, 2.24) is 0 Å².